The summed E-state index contributed by atoms with van der Waals surface area (Å²) < 4.78 is 26.7. The highest BCUT2D eigenvalue weighted by molar-refractivity contribution is 7.89. The van der Waals surface area contributed by atoms with Crippen molar-refractivity contribution >= 4 is 16.0 Å². The van der Waals surface area contributed by atoms with E-state index in [0.717, 1.165) is 13.1 Å². The van der Waals surface area contributed by atoms with Crippen LogP contribution in [0.25, 0.3) is 0 Å². The second-order valence-corrected chi connectivity index (χ2v) is 6.52. The van der Waals surface area contributed by atoms with Gasteiger partial charge < -0.3 is 5.32 Å². The van der Waals surface area contributed by atoms with E-state index in [1.165, 1.54) is 25.2 Å². The smallest absolute Gasteiger partial charge is 0.243 e. The van der Waals surface area contributed by atoms with Crippen molar-refractivity contribution in [3.05, 3.63) is 12.4 Å². The van der Waals surface area contributed by atoms with E-state index in [0.29, 0.717) is 18.5 Å². The Labute approximate surface area is 119 Å². The van der Waals surface area contributed by atoms with E-state index >= 15 is 0 Å². The van der Waals surface area contributed by atoms with E-state index in [9.17, 15) is 8.42 Å². The van der Waals surface area contributed by atoms with E-state index in [-0.39, 0.29) is 4.90 Å². The Morgan fingerprint density at radius 1 is 1.35 bits per heavy atom. The molecule has 1 saturated carbocycles. The number of rotatable bonds is 8. The van der Waals surface area contributed by atoms with Crippen LogP contribution in [0.3, 0.4) is 0 Å². The Kier molecular flexibility index (Phi) is 4.90. The van der Waals surface area contributed by atoms with Gasteiger partial charge in [0, 0.05) is 26.2 Å². The first-order valence-corrected chi connectivity index (χ1v) is 8.28. The molecule has 2 N–H and O–H groups in total. The van der Waals surface area contributed by atoms with Gasteiger partial charge in [0.2, 0.25) is 16.0 Å². The number of anilines is 1. The predicted molar refractivity (Wildman–Crippen MR) is 77.0 cm³/mol. The van der Waals surface area contributed by atoms with Gasteiger partial charge in [-0.15, -0.1) is 0 Å². The first kappa shape index (κ1) is 15.1. The maximum Gasteiger partial charge on any atom is 0.243 e. The van der Waals surface area contributed by atoms with Gasteiger partial charge in [0.15, 0.2) is 0 Å². The van der Waals surface area contributed by atoms with Crippen LogP contribution in [0.2, 0.25) is 0 Å². The Balaban J connectivity index is 1.89. The summed E-state index contributed by atoms with van der Waals surface area (Å²) in [7, 11) is -1.84. The van der Waals surface area contributed by atoms with Gasteiger partial charge >= 0.3 is 0 Å². The Morgan fingerprint density at radius 2 is 2.00 bits per heavy atom. The number of hydrogen-bond acceptors (Lipinski definition) is 6. The topological polar surface area (TPSA) is 87.2 Å². The van der Waals surface area contributed by atoms with E-state index in [1.54, 1.807) is 7.05 Å². The highest BCUT2D eigenvalue weighted by Gasteiger charge is 2.27. The van der Waals surface area contributed by atoms with Crippen LogP contribution in [0.15, 0.2) is 17.3 Å². The van der Waals surface area contributed by atoms with Gasteiger partial charge in [0.1, 0.15) is 4.90 Å². The number of aromatic nitrogens is 2. The van der Waals surface area contributed by atoms with Gasteiger partial charge in [0.05, 0.1) is 12.4 Å². The lowest BCUT2D eigenvalue weighted by atomic mass is 10.4. The maximum absolute atomic E-state index is 12.1. The fraction of sp³-hybridized carbons (Fsp3) is 0.667. The van der Waals surface area contributed by atoms with Crippen molar-refractivity contribution in [3.8, 4) is 0 Å². The van der Waals surface area contributed by atoms with Gasteiger partial charge in [-0.1, -0.05) is 6.92 Å². The van der Waals surface area contributed by atoms with Gasteiger partial charge in [0.25, 0.3) is 0 Å². The third-order valence-electron chi connectivity index (χ3n) is 3.32. The molecule has 20 heavy (non-hydrogen) atoms. The van der Waals surface area contributed by atoms with E-state index in [2.05, 4.69) is 31.8 Å². The molecule has 1 aromatic rings. The summed E-state index contributed by atoms with van der Waals surface area (Å²) in [5.41, 5.74) is 0. The third-order valence-corrected chi connectivity index (χ3v) is 4.74. The highest BCUT2D eigenvalue weighted by Crippen LogP contribution is 2.25. The van der Waals surface area contributed by atoms with Crippen LogP contribution in [-0.2, 0) is 10.0 Å². The lowest BCUT2D eigenvalue weighted by molar-refractivity contribution is 0.282. The van der Waals surface area contributed by atoms with Crippen LogP contribution < -0.4 is 10.0 Å². The molecule has 2 rings (SSSR count). The normalized spacial score (nSPS) is 15.6. The third kappa shape index (κ3) is 3.87. The molecule has 0 saturated heterocycles. The summed E-state index contributed by atoms with van der Waals surface area (Å²) in [6.07, 6.45) is 5.05. The van der Waals surface area contributed by atoms with E-state index in [4.69, 9.17) is 0 Å². The average Bonchev–Trinajstić information content (AvgIpc) is 3.28. The molecule has 1 aliphatic carbocycles. The molecular formula is C12H21N5O2S. The first-order chi connectivity index (χ1) is 9.56. The zero-order chi connectivity index (χ0) is 14.6. The molecule has 0 bridgehead atoms. The number of likely N-dealkylation sites (N-methyl/N-ethyl adjacent to an activating group) is 1. The minimum absolute atomic E-state index is 0.0889. The quantitative estimate of drug-likeness (QED) is 0.717. The van der Waals surface area contributed by atoms with Crippen LogP contribution in [0.5, 0.6) is 0 Å². The Morgan fingerprint density at radius 3 is 2.50 bits per heavy atom. The largest absolute Gasteiger partial charge is 0.357 e. The summed E-state index contributed by atoms with van der Waals surface area (Å²) >= 11 is 0. The van der Waals surface area contributed by atoms with Crippen molar-refractivity contribution in [2.45, 2.75) is 30.7 Å². The molecule has 1 heterocycles. The zero-order valence-electron chi connectivity index (χ0n) is 11.8. The fourth-order valence-corrected chi connectivity index (χ4v) is 2.94. The van der Waals surface area contributed by atoms with Crippen LogP contribution in [-0.4, -0.2) is 56.0 Å². The lowest BCUT2D eigenvalue weighted by Gasteiger charge is -2.19. The SMILES string of the molecule is CCN(CCNS(=O)(=O)c1cnc(NC)nc1)C1CC1. The number of hydrogen-bond donors (Lipinski definition) is 2. The van der Waals surface area contributed by atoms with Gasteiger partial charge in [-0.2, -0.15) is 0 Å². The molecule has 8 heteroatoms. The van der Waals surface area contributed by atoms with E-state index in [1.807, 2.05) is 0 Å². The molecule has 1 fully saturated rings. The van der Waals surface area contributed by atoms with Crippen molar-refractivity contribution in [1.29, 1.82) is 0 Å². The van der Waals surface area contributed by atoms with Crippen molar-refractivity contribution in [2.24, 2.45) is 0 Å². The summed E-state index contributed by atoms with van der Waals surface area (Å²) in [5.74, 6) is 0.398. The number of sulfonamides is 1. The van der Waals surface area contributed by atoms with Gasteiger partial charge in [-0.25, -0.2) is 23.1 Å². The van der Waals surface area contributed by atoms with Crippen LogP contribution in [0.4, 0.5) is 5.95 Å². The average molecular weight is 299 g/mol. The van der Waals surface area contributed by atoms with Crippen LogP contribution >= 0.6 is 0 Å². The first-order valence-electron chi connectivity index (χ1n) is 6.80. The highest BCUT2D eigenvalue weighted by atomic mass is 32.2. The van der Waals surface area contributed by atoms with Crippen molar-refractivity contribution in [1.82, 2.24) is 19.6 Å². The molecule has 0 amide bonds. The molecule has 0 aromatic carbocycles. The molecule has 0 spiro atoms. The summed E-state index contributed by atoms with van der Waals surface area (Å²) in [6.45, 7) is 4.18. The maximum atomic E-state index is 12.1. The molecule has 112 valence electrons. The summed E-state index contributed by atoms with van der Waals surface area (Å²) in [4.78, 5) is 10.2. The van der Waals surface area contributed by atoms with Crippen molar-refractivity contribution in [3.63, 3.8) is 0 Å². The molecule has 0 radical (unpaired) electrons. The predicted octanol–water partition coefficient (Wildman–Crippen LogP) is 0.281. The monoisotopic (exact) mass is 299 g/mol. The zero-order valence-corrected chi connectivity index (χ0v) is 12.7. The second-order valence-electron chi connectivity index (χ2n) is 4.75. The lowest BCUT2D eigenvalue weighted by Crippen LogP contribution is -2.36. The number of nitrogens with one attached hydrogen (secondary N) is 2. The number of nitrogens with zero attached hydrogens (tertiary/aromatic N) is 3. The van der Waals surface area contributed by atoms with Crippen LogP contribution in [0.1, 0.15) is 19.8 Å². The minimum Gasteiger partial charge on any atom is -0.357 e. The fourth-order valence-electron chi connectivity index (χ4n) is 2.03. The molecule has 1 aliphatic rings. The van der Waals surface area contributed by atoms with E-state index < -0.39 is 10.0 Å². The molecule has 0 unspecified atom stereocenters. The second kappa shape index (κ2) is 6.47. The molecule has 7 nitrogen and oxygen atoms in total. The standard InChI is InChI=1S/C12H21N5O2S/c1-3-17(10-4-5-10)7-6-16-20(18,19)11-8-14-12(13-2)15-9-11/h8-10,16H,3-7H2,1-2H3,(H,13,14,15). The molecule has 0 aliphatic heterocycles. The van der Waals surface area contributed by atoms with Crippen molar-refractivity contribution in [2.75, 3.05) is 32.0 Å². The van der Waals surface area contributed by atoms with Gasteiger partial charge in [-0.05, 0) is 19.4 Å². The Hall–Kier alpha value is -1.25. The summed E-state index contributed by atoms with van der Waals surface area (Å²) in [6, 6.07) is 0.641. The summed E-state index contributed by atoms with van der Waals surface area (Å²) in [5, 5.41) is 2.75. The molecule has 0 atom stereocenters. The van der Waals surface area contributed by atoms with Crippen LogP contribution in [0, 0.1) is 0 Å². The van der Waals surface area contributed by atoms with Crippen molar-refractivity contribution < 1.29 is 8.42 Å². The van der Waals surface area contributed by atoms with Gasteiger partial charge in [-0.3, -0.25) is 4.90 Å². The minimum atomic E-state index is -3.52. The molecule has 1 aromatic heterocycles. The Bertz CT molecular complexity index is 527. The molecular weight excluding hydrogens is 278 g/mol.